The fourth-order valence-electron chi connectivity index (χ4n) is 2.60. The van der Waals surface area contributed by atoms with Crippen molar-refractivity contribution < 1.29 is 4.79 Å². The second-order valence-electron chi connectivity index (χ2n) is 5.77. The summed E-state index contributed by atoms with van der Waals surface area (Å²) in [5.41, 5.74) is 4.57. The Bertz CT molecular complexity index is 666. The lowest BCUT2D eigenvalue weighted by Crippen LogP contribution is -2.35. The number of rotatable bonds is 7. The van der Waals surface area contributed by atoms with E-state index < -0.39 is 0 Å². The van der Waals surface area contributed by atoms with Crippen molar-refractivity contribution in [2.75, 3.05) is 0 Å². The van der Waals surface area contributed by atoms with Crippen LogP contribution in [0.2, 0.25) is 0 Å². The second kappa shape index (κ2) is 10.0. The maximum absolute atomic E-state index is 11.7. The first-order chi connectivity index (χ1) is 11.7. The van der Waals surface area contributed by atoms with E-state index in [2.05, 4.69) is 42.3 Å². The van der Waals surface area contributed by atoms with E-state index >= 15 is 0 Å². The molecule has 0 aliphatic heterocycles. The van der Waals surface area contributed by atoms with Gasteiger partial charge in [-0.1, -0.05) is 68.0 Å². The van der Waals surface area contributed by atoms with Crippen molar-refractivity contribution >= 4 is 17.7 Å². The predicted octanol–water partition coefficient (Wildman–Crippen LogP) is 5.40. The standard InChI is InChI=1S/C21H25NOS/c1-3-4-15-20(22-17(2)23)19-14-10-5-6-11-16-21(19)24-18-12-8-7-9-13-18/h5-9,11-14,20H,3-4,10,15H2,1-2H3,(H,22,23)/b6-5-,19-14-. The Balaban J connectivity index is 2.32. The maximum Gasteiger partial charge on any atom is 0.217 e. The second-order valence-corrected chi connectivity index (χ2v) is 6.86. The summed E-state index contributed by atoms with van der Waals surface area (Å²) in [6, 6.07) is 10.4. The number of thioether (sulfide) groups is 1. The highest BCUT2D eigenvalue weighted by Gasteiger charge is 2.19. The molecule has 1 amide bonds. The molecule has 0 saturated carbocycles. The van der Waals surface area contributed by atoms with Crippen LogP contribution >= 0.6 is 11.8 Å². The first kappa shape index (κ1) is 18.4. The number of allylic oxidation sites excluding steroid dienone is 3. The van der Waals surface area contributed by atoms with Crippen molar-refractivity contribution in [3.63, 3.8) is 0 Å². The van der Waals surface area contributed by atoms with E-state index in [4.69, 9.17) is 0 Å². The highest BCUT2D eigenvalue weighted by Crippen LogP contribution is 2.34. The van der Waals surface area contributed by atoms with Gasteiger partial charge < -0.3 is 5.32 Å². The Hall–Kier alpha value is -1.96. The van der Waals surface area contributed by atoms with E-state index in [0.717, 1.165) is 30.6 Å². The van der Waals surface area contributed by atoms with Crippen LogP contribution in [0.4, 0.5) is 0 Å². The minimum atomic E-state index is 0.0163. The van der Waals surface area contributed by atoms with Gasteiger partial charge in [0.25, 0.3) is 0 Å². The molecule has 2 rings (SSSR count). The van der Waals surface area contributed by atoms with Gasteiger partial charge in [0.2, 0.25) is 5.91 Å². The van der Waals surface area contributed by atoms with Gasteiger partial charge in [0.1, 0.15) is 0 Å². The van der Waals surface area contributed by atoms with E-state index in [1.807, 2.05) is 30.4 Å². The number of unbranched alkanes of at least 4 members (excludes halogenated alkanes) is 1. The summed E-state index contributed by atoms with van der Waals surface area (Å²) in [6.07, 6.45) is 12.3. The quantitative estimate of drug-likeness (QED) is 0.674. The number of hydrogen-bond acceptors (Lipinski definition) is 2. The molecule has 1 aliphatic rings. The summed E-state index contributed by atoms with van der Waals surface area (Å²) in [5.74, 6) is 0.0163. The van der Waals surface area contributed by atoms with E-state index in [-0.39, 0.29) is 11.9 Å². The number of nitrogens with one attached hydrogen (secondary N) is 1. The number of amides is 1. The number of carbonyl (C=O) groups is 1. The van der Waals surface area contributed by atoms with Crippen molar-refractivity contribution in [2.24, 2.45) is 0 Å². The molecule has 2 nitrogen and oxygen atoms in total. The van der Waals surface area contributed by atoms with Gasteiger partial charge in [-0.05, 0) is 36.6 Å². The van der Waals surface area contributed by atoms with Crippen LogP contribution in [0, 0.1) is 0 Å². The molecular formula is C21H25NOS. The molecule has 0 radical (unpaired) electrons. The average molecular weight is 340 g/mol. The molecular weight excluding hydrogens is 314 g/mol. The molecule has 0 spiro atoms. The summed E-state index contributed by atoms with van der Waals surface area (Å²) in [6.45, 7) is 3.77. The van der Waals surface area contributed by atoms with Crippen LogP contribution in [0.15, 0.2) is 75.7 Å². The van der Waals surface area contributed by atoms with Gasteiger partial charge >= 0.3 is 0 Å². The highest BCUT2D eigenvalue weighted by molar-refractivity contribution is 8.03. The maximum atomic E-state index is 11.7. The van der Waals surface area contributed by atoms with Crippen molar-refractivity contribution in [3.8, 4) is 0 Å². The summed E-state index contributed by atoms with van der Waals surface area (Å²) in [7, 11) is 0. The minimum absolute atomic E-state index is 0.0163. The van der Waals surface area contributed by atoms with Crippen LogP contribution in [-0.4, -0.2) is 11.9 Å². The van der Waals surface area contributed by atoms with Gasteiger partial charge in [0.05, 0.1) is 10.9 Å². The molecule has 3 heteroatoms. The summed E-state index contributed by atoms with van der Waals surface area (Å²) < 4.78 is 0. The third-order valence-corrected chi connectivity index (χ3v) is 4.81. The Kier molecular flexibility index (Phi) is 7.67. The first-order valence-electron chi connectivity index (χ1n) is 8.53. The molecule has 1 aromatic carbocycles. The molecule has 0 saturated heterocycles. The predicted molar refractivity (Wildman–Crippen MR) is 103 cm³/mol. The van der Waals surface area contributed by atoms with E-state index in [1.165, 1.54) is 10.5 Å². The van der Waals surface area contributed by atoms with Gasteiger partial charge in [-0.2, -0.15) is 0 Å². The van der Waals surface area contributed by atoms with Crippen LogP contribution < -0.4 is 5.32 Å². The van der Waals surface area contributed by atoms with Gasteiger partial charge in [0, 0.05) is 11.8 Å². The topological polar surface area (TPSA) is 29.1 Å². The number of hydrogen-bond donors (Lipinski definition) is 1. The monoisotopic (exact) mass is 339 g/mol. The SMILES string of the molecule is CCCCC(NC(C)=O)/C1=C/C/C=C\C=C=C1Sc1ccccc1. The lowest BCUT2D eigenvalue weighted by atomic mass is 9.98. The first-order valence-corrected chi connectivity index (χ1v) is 9.34. The zero-order chi connectivity index (χ0) is 17.2. The smallest absolute Gasteiger partial charge is 0.217 e. The Morgan fingerprint density at radius 3 is 2.83 bits per heavy atom. The molecule has 1 aliphatic carbocycles. The fourth-order valence-corrected chi connectivity index (χ4v) is 3.60. The van der Waals surface area contributed by atoms with Crippen molar-refractivity contribution in [3.05, 3.63) is 70.8 Å². The summed E-state index contributed by atoms with van der Waals surface area (Å²) in [5, 5.41) is 3.13. The molecule has 126 valence electrons. The largest absolute Gasteiger partial charge is 0.349 e. The van der Waals surface area contributed by atoms with Gasteiger partial charge in [-0.15, -0.1) is 5.73 Å². The molecule has 1 aromatic rings. The number of benzene rings is 1. The zero-order valence-corrected chi connectivity index (χ0v) is 15.2. The molecule has 1 atom stereocenters. The average Bonchev–Trinajstić information content (AvgIpc) is 2.55. The summed E-state index contributed by atoms with van der Waals surface area (Å²) in [4.78, 5) is 13.9. The molecule has 0 aromatic heterocycles. The molecule has 0 heterocycles. The lowest BCUT2D eigenvalue weighted by molar-refractivity contribution is -0.119. The van der Waals surface area contributed by atoms with Crippen LogP contribution in [0.5, 0.6) is 0 Å². The molecule has 1 N–H and O–H groups in total. The third kappa shape index (κ3) is 5.92. The van der Waals surface area contributed by atoms with Gasteiger partial charge in [-0.25, -0.2) is 0 Å². The van der Waals surface area contributed by atoms with Gasteiger partial charge in [0.15, 0.2) is 0 Å². The van der Waals surface area contributed by atoms with Crippen LogP contribution in [-0.2, 0) is 4.79 Å². The van der Waals surface area contributed by atoms with Crippen LogP contribution in [0.1, 0.15) is 39.5 Å². The molecule has 24 heavy (non-hydrogen) atoms. The fraction of sp³-hybridized carbons (Fsp3) is 0.333. The van der Waals surface area contributed by atoms with Crippen molar-refractivity contribution in [2.45, 2.75) is 50.5 Å². The van der Waals surface area contributed by atoms with Crippen molar-refractivity contribution in [1.29, 1.82) is 0 Å². The Morgan fingerprint density at radius 1 is 1.33 bits per heavy atom. The highest BCUT2D eigenvalue weighted by atomic mass is 32.2. The molecule has 0 fully saturated rings. The van der Waals surface area contributed by atoms with E-state index in [9.17, 15) is 4.79 Å². The Labute approximate surface area is 149 Å². The van der Waals surface area contributed by atoms with Crippen molar-refractivity contribution in [1.82, 2.24) is 5.32 Å². The minimum Gasteiger partial charge on any atom is -0.349 e. The lowest BCUT2D eigenvalue weighted by Gasteiger charge is -2.23. The molecule has 0 bridgehead atoms. The normalized spacial score (nSPS) is 18.6. The van der Waals surface area contributed by atoms with E-state index in [0.29, 0.717) is 0 Å². The zero-order valence-electron chi connectivity index (χ0n) is 14.4. The number of carbonyl (C=O) groups excluding carboxylic acids is 1. The van der Waals surface area contributed by atoms with Gasteiger partial charge in [-0.3, -0.25) is 4.79 Å². The Morgan fingerprint density at radius 2 is 2.12 bits per heavy atom. The van der Waals surface area contributed by atoms with E-state index in [1.54, 1.807) is 18.7 Å². The third-order valence-electron chi connectivity index (χ3n) is 3.75. The van der Waals surface area contributed by atoms with Crippen LogP contribution in [0.3, 0.4) is 0 Å². The van der Waals surface area contributed by atoms with Crippen LogP contribution in [0.25, 0.3) is 0 Å². The summed E-state index contributed by atoms with van der Waals surface area (Å²) >= 11 is 1.70. The molecule has 1 unspecified atom stereocenters.